The van der Waals surface area contributed by atoms with Crippen molar-refractivity contribution in [3.8, 4) is 11.3 Å². The Labute approximate surface area is 115 Å². The molecule has 0 radical (unpaired) electrons. The van der Waals surface area contributed by atoms with Crippen LogP contribution in [-0.2, 0) is 6.54 Å². The second-order valence-electron chi connectivity index (χ2n) is 4.73. The third-order valence-corrected chi connectivity index (χ3v) is 3.21. The number of benzene rings is 1. The summed E-state index contributed by atoms with van der Waals surface area (Å²) in [6, 6.07) is 0.283. The summed E-state index contributed by atoms with van der Waals surface area (Å²) in [6.45, 7) is 0.121. The van der Waals surface area contributed by atoms with Crippen molar-refractivity contribution in [3.05, 3.63) is 41.2 Å². The van der Waals surface area contributed by atoms with Gasteiger partial charge in [-0.25, -0.2) is 26.9 Å². The Morgan fingerprint density at radius 2 is 1.57 bits per heavy atom. The molecule has 0 amide bonds. The molecule has 1 fully saturated rings. The quantitative estimate of drug-likeness (QED) is 0.535. The molecule has 1 heterocycles. The first-order valence-electron chi connectivity index (χ1n) is 6.18. The molecule has 2 aromatic rings. The standard InChI is InChI=1S/C13H9F5N2O/c14-8-7(9(15)11(17)12(18)10(8)16)13-6(20-4-21-13)3-19-5-1-2-5/h4-5,19H,1-3H2. The number of oxazole rings is 1. The molecule has 0 spiro atoms. The van der Waals surface area contributed by atoms with Crippen molar-refractivity contribution in [2.24, 2.45) is 0 Å². The number of nitrogens with one attached hydrogen (secondary N) is 1. The zero-order valence-corrected chi connectivity index (χ0v) is 10.5. The fraction of sp³-hybridized carbons (Fsp3) is 0.308. The zero-order valence-electron chi connectivity index (χ0n) is 10.5. The lowest BCUT2D eigenvalue weighted by Crippen LogP contribution is -2.16. The molecule has 21 heavy (non-hydrogen) atoms. The van der Waals surface area contributed by atoms with Crippen molar-refractivity contribution in [1.29, 1.82) is 0 Å². The van der Waals surface area contributed by atoms with Crippen molar-refractivity contribution in [2.75, 3.05) is 0 Å². The fourth-order valence-corrected chi connectivity index (χ4v) is 1.93. The van der Waals surface area contributed by atoms with Crippen molar-refractivity contribution in [2.45, 2.75) is 25.4 Å². The van der Waals surface area contributed by atoms with Crippen molar-refractivity contribution >= 4 is 0 Å². The van der Waals surface area contributed by atoms with Gasteiger partial charge in [0.15, 0.2) is 35.4 Å². The van der Waals surface area contributed by atoms with Gasteiger partial charge < -0.3 is 9.73 Å². The topological polar surface area (TPSA) is 38.1 Å². The van der Waals surface area contributed by atoms with E-state index >= 15 is 0 Å². The number of rotatable bonds is 4. The number of nitrogens with zero attached hydrogens (tertiary/aromatic N) is 1. The summed E-state index contributed by atoms with van der Waals surface area (Å²) in [7, 11) is 0. The lowest BCUT2D eigenvalue weighted by atomic mass is 10.1. The summed E-state index contributed by atoms with van der Waals surface area (Å²) in [4.78, 5) is 3.76. The summed E-state index contributed by atoms with van der Waals surface area (Å²) in [5.74, 6) is -10.6. The summed E-state index contributed by atoms with van der Waals surface area (Å²) in [5.41, 5.74) is -1.01. The zero-order chi connectivity index (χ0) is 15.1. The van der Waals surface area contributed by atoms with Crippen LogP contribution < -0.4 is 5.32 Å². The second-order valence-corrected chi connectivity index (χ2v) is 4.73. The van der Waals surface area contributed by atoms with E-state index in [2.05, 4.69) is 10.3 Å². The van der Waals surface area contributed by atoms with Gasteiger partial charge in [0.05, 0.1) is 5.56 Å². The maximum Gasteiger partial charge on any atom is 0.200 e. The van der Waals surface area contributed by atoms with Gasteiger partial charge in [-0.1, -0.05) is 0 Å². The summed E-state index contributed by atoms with van der Waals surface area (Å²) >= 11 is 0. The molecular weight excluding hydrogens is 295 g/mol. The Kier molecular flexibility index (Phi) is 3.40. The number of aromatic nitrogens is 1. The van der Waals surface area contributed by atoms with Gasteiger partial charge in [0.1, 0.15) is 5.69 Å². The van der Waals surface area contributed by atoms with E-state index in [0.717, 1.165) is 19.2 Å². The third kappa shape index (κ3) is 2.39. The highest BCUT2D eigenvalue weighted by Gasteiger charge is 2.30. The molecule has 0 unspecified atom stereocenters. The first-order valence-corrected chi connectivity index (χ1v) is 6.18. The first-order chi connectivity index (χ1) is 10.0. The van der Waals surface area contributed by atoms with Gasteiger partial charge in [0.2, 0.25) is 5.82 Å². The molecule has 3 nitrogen and oxygen atoms in total. The van der Waals surface area contributed by atoms with Crippen LogP contribution in [0.3, 0.4) is 0 Å². The van der Waals surface area contributed by atoms with Gasteiger partial charge in [0.25, 0.3) is 0 Å². The average molecular weight is 304 g/mol. The van der Waals surface area contributed by atoms with E-state index in [1.807, 2.05) is 0 Å². The minimum Gasteiger partial charge on any atom is -0.443 e. The van der Waals surface area contributed by atoms with Crippen LogP contribution in [-0.4, -0.2) is 11.0 Å². The van der Waals surface area contributed by atoms with E-state index in [1.54, 1.807) is 0 Å². The molecule has 1 aromatic heterocycles. The van der Waals surface area contributed by atoms with Gasteiger partial charge in [0, 0.05) is 12.6 Å². The normalized spacial score (nSPS) is 14.7. The molecule has 1 saturated carbocycles. The Hall–Kier alpha value is -1.96. The second kappa shape index (κ2) is 5.10. The van der Waals surface area contributed by atoms with Gasteiger partial charge >= 0.3 is 0 Å². The van der Waals surface area contributed by atoms with Crippen LogP contribution >= 0.6 is 0 Å². The Morgan fingerprint density at radius 3 is 2.14 bits per heavy atom. The highest BCUT2D eigenvalue weighted by atomic mass is 19.2. The SMILES string of the molecule is Fc1c(F)c(F)c(-c2ocnc2CNC2CC2)c(F)c1F. The number of hydrogen-bond donors (Lipinski definition) is 1. The van der Waals surface area contributed by atoms with Crippen LogP contribution in [0, 0.1) is 29.1 Å². The molecule has 0 atom stereocenters. The van der Waals surface area contributed by atoms with Gasteiger partial charge in [-0.15, -0.1) is 0 Å². The van der Waals surface area contributed by atoms with Crippen LogP contribution in [0.5, 0.6) is 0 Å². The van der Waals surface area contributed by atoms with Crippen LogP contribution in [0.1, 0.15) is 18.5 Å². The minimum absolute atomic E-state index is 0.0881. The fourth-order valence-electron chi connectivity index (χ4n) is 1.93. The molecular formula is C13H9F5N2O. The van der Waals surface area contributed by atoms with Crippen LogP contribution in [0.4, 0.5) is 22.0 Å². The lowest BCUT2D eigenvalue weighted by Gasteiger charge is -2.07. The van der Waals surface area contributed by atoms with Crippen molar-refractivity contribution in [3.63, 3.8) is 0 Å². The minimum atomic E-state index is -2.20. The monoisotopic (exact) mass is 304 g/mol. The number of hydrogen-bond acceptors (Lipinski definition) is 3. The number of halogens is 5. The predicted molar refractivity (Wildman–Crippen MR) is 61.6 cm³/mol. The Balaban J connectivity index is 2.06. The molecule has 1 aliphatic carbocycles. The Morgan fingerprint density at radius 1 is 1.00 bits per heavy atom. The van der Waals surface area contributed by atoms with Crippen LogP contribution in [0.25, 0.3) is 11.3 Å². The highest BCUT2D eigenvalue weighted by molar-refractivity contribution is 5.62. The van der Waals surface area contributed by atoms with E-state index in [9.17, 15) is 22.0 Å². The first kappa shape index (κ1) is 14.0. The van der Waals surface area contributed by atoms with Crippen molar-refractivity contribution in [1.82, 2.24) is 10.3 Å². The molecule has 0 bridgehead atoms. The van der Waals surface area contributed by atoms with Gasteiger partial charge in [-0.3, -0.25) is 0 Å². The predicted octanol–water partition coefficient (Wildman–Crippen LogP) is 3.29. The van der Waals surface area contributed by atoms with E-state index in [-0.39, 0.29) is 18.3 Å². The maximum atomic E-state index is 13.7. The molecule has 3 rings (SSSR count). The smallest absolute Gasteiger partial charge is 0.200 e. The molecule has 1 aromatic carbocycles. The molecule has 1 aliphatic rings. The Bertz CT molecular complexity index is 667. The third-order valence-electron chi connectivity index (χ3n) is 3.21. The highest BCUT2D eigenvalue weighted by Crippen LogP contribution is 2.33. The molecule has 1 N–H and O–H groups in total. The van der Waals surface area contributed by atoms with Gasteiger partial charge in [-0.2, -0.15) is 0 Å². The summed E-state index contributed by atoms with van der Waals surface area (Å²) in [6.07, 6.45) is 2.84. The van der Waals surface area contributed by atoms with Crippen LogP contribution in [0.2, 0.25) is 0 Å². The lowest BCUT2D eigenvalue weighted by molar-refractivity contribution is 0.378. The summed E-state index contributed by atoms with van der Waals surface area (Å²) in [5, 5.41) is 3.02. The van der Waals surface area contributed by atoms with Crippen LogP contribution in [0.15, 0.2) is 10.8 Å². The largest absolute Gasteiger partial charge is 0.443 e. The van der Waals surface area contributed by atoms with E-state index in [4.69, 9.17) is 4.42 Å². The van der Waals surface area contributed by atoms with Gasteiger partial charge in [-0.05, 0) is 12.8 Å². The van der Waals surface area contributed by atoms with Crippen molar-refractivity contribution < 1.29 is 26.4 Å². The molecule has 0 aliphatic heterocycles. The van der Waals surface area contributed by atoms with E-state index in [0.29, 0.717) is 0 Å². The van der Waals surface area contributed by atoms with E-state index in [1.165, 1.54) is 0 Å². The summed E-state index contributed by atoms with van der Waals surface area (Å²) < 4.78 is 71.7. The maximum absolute atomic E-state index is 13.7. The average Bonchev–Trinajstić information content (AvgIpc) is 3.20. The molecule has 8 heteroatoms. The molecule has 0 saturated heterocycles. The van der Waals surface area contributed by atoms with E-state index < -0.39 is 40.4 Å². The molecule has 112 valence electrons.